The van der Waals surface area contributed by atoms with Crippen LogP contribution in [0.2, 0.25) is 5.02 Å². The minimum atomic E-state index is -0.429. The molecule has 148 valence electrons. The van der Waals surface area contributed by atoms with E-state index in [2.05, 4.69) is 5.32 Å². The summed E-state index contributed by atoms with van der Waals surface area (Å²) in [6, 6.07) is 13.2. The molecule has 3 rings (SSSR count). The third kappa shape index (κ3) is 4.69. The summed E-state index contributed by atoms with van der Waals surface area (Å²) in [5.41, 5.74) is 1.48. The molecule has 1 N–H and O–H groups in total. The molecular formula is C21H23ClFN3O2. The average Bonchev–Trinajstić information content (AvgIpc) is 3.03. The van der Waals surface area contributed by atoms with Gasteiger partial charge in [-0.3, -0.25) is 9.59 Å². The molecule has 1 heterocycles. The highest BCUT2D eigenvalue weighted by atomic mass is 35.5. The van der Waals surface area contributed by atoms with E-state index in [0.29, 0.717) is 23.8 Å². The van der Waals surface area contributed by atoms with Crippen molar-refractivity contribution in [2.75, 3.05) is 32.1 Å². The molecule has 1 aliphatic heterocycles. The van der Waals surface area contributed by atoms with Gasteiger partial charge in [0.15, 0.2) is 0 Å². The van der Waals surface area contributed by atoms with E-state index in [1.807, 2.05) is 25.1 Å². The van der Waals surface area contributed by atoms with Crippen LogP contribution in [-0.2, 0) is 9.59 Å². The summed E-state index contributed by atoms with van der Waals surface area (Å²) in [5.74, 6) is -1.02. The maximum absolute atomic E-state index is 13.6. The van der Waals surface area contributed by atoms with Gasteiger partial charge in [0.2, 0.25) is 11.8 Å². The number of carbonyl (C=O) groups excluding carboxylic acids is 2. The Balaban J connectivity index is 1.63. The van der Waals surface area contributed by atoms with Crippen molar-refractivity contribution in [2.24, 2.45) is 5.92 Å². The summed E-state index contributed by atoms with van der Waals surface area (Å²) < 4.78 is 13.6. The topological polar surface area (TPSA) is 52.7 Å². The van der Waals surface area contributed by atoms with Crippen LogP contribution >= 0.6 is 11.6 Å². The second-order valence-electron chi connectivity index (χ2n) is 7.16. The lowest BCUT2D eigenvalue weighted by Crippen LogP contribution is -2.38. The van der Waals surface area contributed by atoms with Crippen molar-refractivity contribution >= 4 is 29.1 Å². The van der Waals surface area contributed by atoms with Gasteiger partial charge in [-0.1, -0.05) is 29.8 Å². The molecule has 5 nitrogen and oxygen atoms in total. The van der Waals surface area contributed by atoms with Gasteiger partial charge in [0.25, 0.3) is 0 Å². The minimum absolute atomic E-state index is 0.100. The third-order valence-corrected chi connectivity index (χ3v) is 5.18. The lowest BCUT2D eigenvalue weighted by Gasteiger charge is -2.25. The molecule has 1 saturated heterocycles. The summed E-state index contributed by atoms with van der Waals surface area (Å²) in [7, 11) is 3.75. The van der Waals surface area contributed by atoms with Crippen molar-refractivity contribution < 1.29 is 14.0 Å². The largest absolute Gasteiger partial charge is 0.354 e. The number of carbonyl (C=O) groups is 2. The zero-order valence-electron chi connectivity index (χ0n) is 15.9. The number of likely N-dealkylation sites (N-methyl/N-ethyl adjacent to an activating group) is 1. The molecule has 0 saturated carbocycles. The van der Waals surface area contributed by atoms with Gasteiger partial charge in [0.1, 0.15) is 5.82 Å². The molecule has 2 aromatic rings. The Kier molecular flexibility index (Phi) is 6.31. The lowest BCUT2D eigenvalue weighted by molar-refractivity contribution is -0.126. The van der Waals surface area contributed by atoms with Crippen molar-refractivity contribution in [3.8, 4) is 0 Å². The standard InChI is InChI=1S/C21H23ClFN3O2/c1-25(2)19(14-5-3-7-17(23)9-14)12-24-21(28)15-10-20(27)26(13-15)18-8-4-6-16(22)11-18/h3-9,11,15,19H,10,12-13H2,1-2H3,(H,24,28). The molecule has 0 spiro atoms. The number of anilines is 1. The zero-order valence-corrected chi connectivity index (χ0v) is 16.6. The number of rotatable bonds is 6. The zero-order chi connectivity index (χ0) is 20.3. The van der Waals surface area contributed by atoms with Crippen LogP contribution in [0.3, 0.4) is 0 Å². The molecule has 0 radical (unpaired) electrons. The van der Waals surface area contributed by atoms with Crippen molar-refractivity contribution in [2.45, 2.75) is 12.5 Å². The van der Waals surface area contributed by atoms with Gasteiger partial charge in [-0.15, -0.1) is 0 Å². The Bertz CT molecular complexity index is 874. The summed E-state index contributed by atoms with van der Waals surface area (Å²) in [4.78, 5) is 28.5. The quantitative estimate of drug-likeness (QED) is 0.805. The molecule has 0 aliphatic carbocycles. The minimum Gasteiger partial charge on any atom is -0.354 e. The van der Waals surface area contributed by atoms with Crippen LogP contribution in [0.5, 0.6) is 0 Å². The number of benzene rings is 2. The van der Waals surface area contributed by atoms with Gasteiger partial charge in [0, 0.05) is 30.2 Å². The Hall–Kier alpha value is -2.44. The molecule has 2 atom stereocenters. The SMILES string of the molecule is CN(C)C(CNC(=O)C1CC(=O)N(c2cccc(Cl)c2)C1)c1cccc(F)c1. The van der Waals surface area contributed by atoms with E-state index >= 15 is 0 Å². The number of hydrogen-bond acceptors (Lipinski definition) is 3. The number of halogens is 2. The van der Waals surface area contributed by atoms with E-state index in [1.54, 1.807) is 35.2 Å². The maximum atomic E-state index is 13.6. The third-order valence-electron chi connectivity index (χ3n) is 4.94. The number of nitrogens with zero attached hydrogens (tertiary/aromatic N) is 2. The predicted octanol–water partition coefficient (Wildman–Crippen LogP) is 3.25. The maximum Gasteiger partial charge on any atom is 0.227 e. The molecule has 0 aromatic heterocycles. The van der Waals surface area contributed by atoms with E-state index < -0.39 is 5.92 Å². The molecule has 1 fully saturated rings. The molecule has 7 heteroatoms. The summed E-state index contributed by atoms with van der Waals surface area (Å²) >= 11 is 6.00. The van der Waals surface area contributed by atoms with E-state index in [0.717, 1.165) is 5.56 Å². The molecule has 2 aromatic carbocycles. The van der Waals surface area contributed by atoms with E-state index in [1.165, 1.54) is 12.1 Å². The van der Waals surface area contributed by atoms with Crippen molar-refractivity contribution in [1.82, 2.24) is 10.2 Å². The smallest absolute Gasteiger partial charge is 0.227 e. The van der Waals surface area contributed by atoms with Crippen LogP contribution in [0.25, 0.3) is 0 Å². The van der Waals surface area contributed by atoms with Gasteiger partial charge in [-0.2, -0.15) is 0 Å². The fourth-order valence-corrected chi connectivity index (χ4v) is 3.62. The predicted molar refractivity (Wildman–Crippen MR) is 108 cm³/mol. The molecule has 0 bridgehead atoms. The van der Waals surface area contributed by atoms with Crippen molar-refractivity contribution in [3.05, 3.63) is 64.9 Å². The second kappa shape index (κ2) is 8.71. The van der Waals surface area contributed by atoms with Crippen LogP contribution in [0.4, 0.5) is 10.1 Å². The second-order valence-corrected chi connectivity index (χ2v) is 7.60. The Labute approximate surface area is 169 Å². The first kappa shape index (κ1) is 20.3. The fourth-order valence-electron chi connectivity index (χ4n) is 3.43. The molecular weight excluding hydrogens is 381 g/mol. The Morgan fingerprint density at radius 3 is 2.71 bits per heavy atom. The fraction of sp³-hybridized carbons (Fsp3) is 0.333. The summed E-state index contributed by atoms with van der Waals surface area (Å²) in [6.07, 6.45) is 0.158. The van der Waals surface area contributed by atoms with Gasteiger partial charge in [-0.05, 0) is 50.0 Å². The number of hydrogen-bond donors (Lipinski definition) is 1. The highest BCUT2D eigenvalue weighted by Gasteiger charge is 2.35. The van der Waals surface area contributed by atoms with Crippen molar-refractivity contribution in [1.29, 1.82) is 0 Å². The molecule has 1 aliphatic rings. The average molecular weight is 404 g/mol. The summed E-state index contributed by atoms with van der Waals surface area (Å²) in [5, 5.41) is 3.46. The first-order valence-electron chi connectivity index (χ1n) is 9.10. The van der Waals surface area contributed by atoms with Crippen LogP contribution in [-0.4, -0.2) is 43.9 Å². The van der Waals surface area contributed by atoms with Crippen LogP contribution in [0.1, 0.15) is 18.0 Å². The number of amides is 2. The van der Waals surface area contributed by atoms with Crippen LogP contribution < -0.4 is 10.2 Å². The Morgan fingerprint density at radius 1 is 1.29 bits per heavy atom. The highest BCUT2D eigenvalue weighted by molar-refractivity contribution is 6.31. The van der Waals surface area contributed by atoms with Crippen LogP contribution in [0.15, 0.2) is 48.5 Å². The van der Waals surface area contributed by atoms with Gasteiger partial charge in [-0.25, -0.2) is 4.39 Å². The monoisotopic (exact) mass is 403 g/mol. The molecule has 2 unspecified atom stereocenters. The molecule has 28 heavy (non-hydrogen) atoms. The van der Waals surface area contributed by atoms with Gasteiger partial charge >= 0.3 is 0 Å². The normalized spacial score (nSPS) is 17.8. The first-order chi connectivity index (χ1) is 13.3. The van der Waals surface area contributed by atoms with E-state index in [9.17, 15) is 14.0 Å². The first-order valence-corrected chi connectivity index (χ1v) is 9.48. The van der Waals surface area contributed by atoms with Gasteiger partial charge < -0.3 is 15.1 Å². The highest BCUT2D eigenvalue weighted by Crippen LogP contribution is 2.27. The number of nitrogens with one attached hydrogen (secondary N) is 1. The Morgan fingerprint density at radius 2 is 2.04 bits per heavy atom. The van der Waals surface area contributed by atoms with E-state index in [4.69, 9.17) is 11.6 Å². The lowest BCUT2D eigenvalue weighted by atomic mass is 10.0. The van der Waals surface area contributed by atoms with Crippen LogP contribution in [0, 0.1) is 11.7 Å². The van der Waals surface area contributed by atoms with Gasteiger partial charge in [0.05, 0.1) is 12.0 Å². The van der Waals surface area contributed by atoms with Crippen molar-refractivity contribution in [3.63, 3.8) is 0 Å². The van der Waals surface area contributed by atoms with E-state index in [-0.39, 0.29) is 30.1 Å². The molecule has 2 amide bonds. The summed E-state index contributed by atoms with van der Waals surface area (Å²) in [6.45, 7) is 0.648.